The second kappa shape index (κ2) is 20.7. The average Bonchev–Trinajstić information content (AvgIpc) is 3.22. The van der Waals surface area contributed by atoms with Crippen molar-refractivity contribution in [1.82, 2.24) is 28.9 Å². The topological polar surface area (TPSA) is 141 Å². The second-order valence-corrected chi connectivity index (χ2v) is 14.6. The molecule has 328 valence electrons. The second-order valence-electron chi connectivity index (χ2n) is 14.6. The Kier molecular flexibility index (Phi) is 15.7. The third-order valence-electron chi connectivity index (χ3n) is 10.1. The van der Waals surface area contributed by atoms with Gasteiger partial charge in [0.1, 0.15) is 11.5 Å². The van der Waals surface area contributed by atoms with Crippen molar-refractivity contribution in [2.75, 3.05) is 88.5 Å². The maximum absolute atomic E-state index is 12.5. The van der Waals surface area contributed by atoms with Crippen LogP contribution in [0.25, 0.3) is 0 Å². The molecule has 0 unspecified atom stereocenters. The molecule has 2 aliphatic heterocycles. The van der Waals surface area contributed by atoms with E-state index in [9.17, 15) is 45.5 Å². The molecule has 0 amide bonds. The molecule has 0 saturated carbocycles. The summed E-state index contributed by atoms with van der Waals surface area (Å²) in [5.41, 5.74) is 0.914. The van der Waals surface area contributed by atoms with E-state index in [0.717, 1.165) is 39.3 Å². The van der Waals surface area contributed by atoms with E-state index >= 15 is 0 Å². The fourth-order valence-corrected chi connectivity index (χ4v) is 6.97. The predicted octanol–water partition coefficient (Wildman–Crippen LogP) is 4.00. The summed E-state index contributed by atoms with van der Waals surface area (Å²) in [6, 6.07) is 13.5. The summed E-state index contributed by atoms with van der Waals surface area (Å²) in [6.45, 7) is 8.31. The van der Waals surface area contributed by atoms with Crippen molar-refractivity contribution in [2.24, 2.45) is 0 Å². The number of rotatable bonds is 14. The van der Waals surface area contributed by atoms with Gasteiger partial charge in [-0.3, -0.25) is 28.5 Å². The van der Waals surface area contributed by atoms with Gasteiger partial charge in [-0.15, -0.1) is 0 Å². The van der Waals surface area contributed by atoms with Crippen LogP contribution < -0.4 is 41.8 Å². The Balaban J connectivity index is 0.000000228. The molecular formula is C40H50F6N8O6. The molecule has 0 aliphatic carbocycles. The Labute approximate surface area is 341 Å². The monoisotopic (exact) mass is 852 g/mol. The molecule has 4 heterocycles. The molecule has 0 bridgehead atoms. The molecule has 0 atom stereocenters. The molecule has 2 aromatic carbocycles. The highest BCUT2D eigenvalue weighted by molar-refractivity contribution is 5.59. The van der Waals surface area contributed by atoms with Gasteiger partial charge in [-0.05, 0) is 64.0 Å². The maximum Gasteiger partial charge on any atom is 0.422 e. The number of nitrogens with one attached hydrogen (secondary N) is 2. The Bertz CT molecular complexity index is 2080. The molecule has 14 nitrogen and oxygen atoms in total. The first-order valence-electron chi connectivity index (χ1n) is 19.6. The lowest BCUT2D eigenvalue weighted by Gasteiger charge is -2.36. The van der Waals surface area contributed by atoms with Crippen molar-refractivity contribution in [3.8, 4) is 11.5 Å². The van der Waals surface area contributed by atoms with Gasteiger partial charge < -0.3 is 29.2 Å². The number of aryl methyl sites for hydroxylation is 2. The first-order chi connectivity index (χ1) is 28.5. The number of anilines is 2. The Morgan fingerprint density at radius 2 is 0.883 bits per heavy atom. The number of piperazine rings is 2. The van der Waals surface area contributed by atoms with Crippen molar-refractivity contribution in [3.05, 3.63) is 114 Å². The zero-order valence-electron chi connectivity index (χ0n) is 33.5. The standard InChI is InChI=1S/2C20H25F3N4O3/c2*1-15-13-24-19(29)27(18(15)28)8-4-7-25-9-11-26(12-10-25)16-5-2-3-6-17(16)30-14-20(21,22)23/h2*2-3,5-6,13H,4,7-12,14H2,1H3,(H,24,29). The molecule has 6 rings (SSSR count). The zero-order chi connectivity index (χ0) is 43.5. The molecule has 60 heavy (non-hydrogen) atoms. The predicted molar refractivity (Wildman–Crippen MR) is 215 cm³/mol. The average molecular weight is 853 g/mol. The van der Waals surface area contributed by atoms with E-state index in [4.69, 9.17) is 9.47 Å². The van der Waals surface area contributed by atoms with E-state index in [1.165, 1.54) is 21.5 Å². The molecule has 2 N–H and O–H groups in total. The van der Waals surface area contributed by atoms with Gasteiger partial charge in [0.15, 0.2) is 13.2 Å². The molecule has 4 aromatic rings. The van der Waals surface area contributed by atoms with Crippen LogP contribution in [0.4, 0.5) is 37.7 Å². The van der Waals surface area contributed by atoms with E-state index in [-0.39, 0.29) is 22.6 Å². The minimum absolute atomic E-state index is 0.223. The molecular weight excluding hydrogens is 802 g/mol. The number of hydrogen-bond acceptors (Lipinski definition) is 10. The summed E-state index contributed by atoms with van der Waals surface area (Å²) >= 11 is 0. The minimum Gasteiger partial charge on any atom is -0.482 e. The van der Waals surface area contributed by atoms with Crippen LogP contribution in [-0.4, -0.2) is 120 Å². The number of aromatic nitrogens is 4. The van der Waals surface area contributed by atoms with Crippen LogP contribution in [0.2, 0.25) is 0 Å². The number of benzene rings is 2. The largest absolute Gasteiger partial charge is 0.482 e. The third kappa shape index (κ3) is 13.3. The molecule has 2 saturated heterocycles. The third-order valence-corrected chi connectivity index (χ3v) is 10.1. The SMILES string of the molecule is Cc1c[nH]c(=O)n(CCCN2CCN(c3ccccc3OCC(F)(F)F)CC2)c1=O.Cc1c[nH]c(=O)n(CCCN2CCN(c3ccccc3OCC(F)(F)F)CC2)c1=O. The molecule has 20 heteroatoms. The van der Waals surface area contributed by atoms with E-state index in [0.29, 0.717) is 74.6 Å². The summed E-state index contributed by atoms with van der Waals surface area (Å²) < 4.78 is 87.3. The highest BCUT2D eigenvalue weighted by atomic mass is 19.4. The number of nitrogens with zero attached hydrogens (tertiary/aromatic N) is 6. The number of hydrogen-bond donors (Lipinski definition) is 2. The van der Waals surface area contributed by atoms with E-state index in [1.807, 2.05) is 9.80 Å². The normalized spacial score (nSPS) is 15.4. The lowest BCUT2D eigenvalue weighted by Crippen LogP contribution is -2.47. The summed E-state index contributed by atoms with van der Waals surface area (Å²) in [5, 5.41) is 0. The van der Waals surface area contributed by atoms with Gasteiger partial charge in [-0.1, -0.05) is 24.3 Å². The quantitative estimate of drug-likeness (QED) is 0.179. The number of aromatic amines is 2. The lowest BCUT2D eigenvalue weighted by atomic mass is 10.2. The van der Waals surface area contributed by atoms with Gasteiger partial charge in [-0.2, -0.15) is 26.3 Å². The van der Waals surface area contributed by atoms with Gasteiger partial charge in [0.05, 0.1) is 11.4 Å². The summed E-state index contributed by atoms with van der Waals surface area (Å²) in [4.78, 5) is 61.3. The molecule has 2 fully saturated rings. The smallest absolute Gasteiger partial charge is 0.422 e. The van der Waals surface area contributed by atoms with Crippen LogP contribution >= 0.6 is 0 Å². The maximum atomic E-state index is 12.5. The minimum atomic E-state index is -4.38. The number of halogens is 6. The van der Waals surface area contributed by atoms with Crippen molar-refractivity contribution in [1.29, 1.82) is 0 Å². The van der Waals surface area contributed by atoms with E-state index < -0.39 is 36.9 Å². The van der Waals surface area contributed by atoms with Crippen molar-refractivity contribution in [2.45, 2.75) is 52.1 Å². The highest BCUT2D eigenvalue weighted by Gasteiger charge is 2.30. The molecule has 0 radical (unpaired) electrons. The Hall–Kier alpha value is -5.50. The van der Waals surface area contributed by atoms with Crippen LogP contribution in [-0.2, 0) is 13.1 Å². The van der Waals surface area contributed by atoms with Crippen LogP contribution in [0.5, 0.6) is 11.5 Å². The first kappa shape index (κ1) is 45.6. The van der Waals surface area contributed by atoms with E-state index in [1.54, 1.807) is 62.4 Å². The lowest BCUT2D eigenvalue weighted by molar-refractivity contribution is -0.154. The van der Waals surface area contributed by atoms with Gasteiger partial charge in [0.2, 0.25) is 0 Å². The van der Waals surface area contributed by atoms with Crippen molar-refractivity contribution in [3.63, 3.8) is 0 Å². The van der Waals surface area contributed by atoms with Crippen LogP contribution in [0.1, 0.15) is 24.0 Å². The Morgan fingerprint density at radius 1 is 0.533 bits per heavy atom. The Morgan fingerprint density at radius 3 is 1.23 bits per heavy atom. The van der Waals surface area contributed by atoms with Crippen molar-refractivity contribution >= 4 is 11.4 Å². The summed E-state index contributed by atoms with van der Waals surface area (Å²) in [7, 11) is 0. The van der Waals surface area contributed by atoms with Gasteiger partial charge in [0.25, 0.3) is 11.1 Å². The van der Waals surface area contributed by atoms with Crippen molar-refractivity contribution < 1.29 is 35.8 Å². The zero-order valence-corrected chi connectivity index (χ0v) is 33.5. The van der Waals surface area contributed by atoms with Crippen LogP contribution in [0, 0.1) is 13.8 Å². The van der Waals surface area contributed by atoms with Gasteiger partial charge in [0, 0.05) is 89.0 Å². The summed E-state index contributed by atoms with van der Waals surface area (Å²) in [6.07, 6.45) is -4.64. The molecule has 0 spiro atoms. The fraction of sp³-hybridized carbons (Fsp3) is 0.500. The number of alkyl halides is 6. The van der Waals surface area contributed by atoms with E-state index in [2.05, 4.69) is 19.8 Å². The number of para-hydroxylation sites is 4. The van der Waals surface area contributed by atoms with Crippen LogP contribution in [0.3, 0.4) is 0 Å². The highest BCUT2D eigenvalue weighted by Crippen LogP contribution is 2.32. The van der Waals surface area contributed by atoms with Gasteiger partial charge >= 0.3 is 23.7 Å². The fourth-order valence-electron chi connectivity index (χ4n) is 6.97. The van der Waals surface area contributed by atoms with Gasteiger partial charge in [-0.25, -0.2) is 9.59 Å². The number of ether oxygens (including phenoxy) is 2. The molecule has 2 aliphatic rings. The summed E-state index contributed by atoms with van der Waals surface area (Å²) in [5.74, 6) is 0.447. The van der Waals surface area contributed by atoms with Crippen LogP contribution in [0.15, 0.2) is 80.1 Å². The first-order valence-corrected chi connectivity index (χ1v) is 19.6. The molecule has 2 aromatic heterocycles. The number of H-pyrrole nitrogens is 2.